The molecule has 1 atom stereocenters. The van der Waals surface area contributed by atoms with Crippen LogP contribution in [0.25, 0.3) is 0 Å². The summed E-state index contributed by atoms with van der Waals surface area (Å²) in [5, 5.41) is 10.8. The molecule has 0 heterocycles. The van der Waals surface area contributed by atoms with Gasteiger partial charge < -0.3 is 9.84 Å². The normalized spacial score (nSPS) is 12.2. The molecule has 0 radical (unpaired) electrons. The lowest BCUT2D eigenvalue weighted by atomic mass is 9.93. The van der Waals surface area contributed by atoms with Gasteiger partial charge >= 0.3 is 0 Å². The second-order valence-corrected chi connectivity index (χ2v) is 5.08. The minimum atomic E-state index is -0.652. The van der Waals surface area contributed by atoms with Gasteiger partial charge in [0.2, 0.25) is 0 Å². The summed E-state index contributed by atoms with van der Waals surface area (Å²) in [6.07, 6.45) is 0.251. The number of aliphatic hydroxyl groups is 1. The second kappa shape index (κ2) is 6.10. The molecule has 0 fully saturated rings. The van der Waals surface area contributed by atoms with Gasteiger partial charge in [0.15, 0.2) is 0 Å². The molecular formula is C18H22O2. The van der Waals surface area contributed by atoms with Crippen molar-refractivity contribution in [3.63, 3.8) is 0 Å². The molecule has 1 N–H and O–H groups in total. The molecule has 0 aliphatic heterocycles. The maximum Gasteiger partial charge on any atom is 0.128 e. The van der Waals surface area contributed by atoms with Gasteiger partial charge in [-0.2, -0.15) is 0 Å². The average Bonchev–Trinajstić information content (AvgIpc) is 2.49. The number of ether oxygens (including phenoxy) is 1. The third kappa shape index (κ3) is 2.56. The maximum absolute atomic E-state index is 10.8. The molecule has 2 aromatic carbocycles. The van der Waals surface area contributed by atoms with Crippen molar-refractivity contribution in [2.45, 2.75) is 33.3 Å². The van der Waals surface area contributed by atoms with Crippen LogP contribution in [-0.4, -0.2) is 12.2 Å². The molecule has 0 saturated heterocycles. The van der Waals surface area contributed by atoms with Crippen LogP contribution in [0, 0.1) is 13.8 Å². The lowest BCUT2D eigenvalue weighted by Gasteiger charge is -2.20. The topological polar surface area (TPSA) is 29.5 Å². The predicted octanol–water partition coefficient (Wildman–Crippen LogP) is 3.96. The number of methoxy groups -OCH3 is 1. The van der Waals surface area contributed by atoms with E-state index in [0.717, 1.165) is 28.9 Å². The van der Waals surface area contributed by atoms with Crippen molar-refractivity contribution >= 4 is 0 Å². The Morgan fingerprint density at radius 3 is 2.40 bits per heavy atom. The Balaban J connectivity index is 2.53. The van der Waals surface area contributed by atoms with Crippen molar-refractivity contribution in [3.8, 4) is 5.75 Å². The zero-order valence-electron chi connectivity index (χ0n) is 12.6. The molecular weight excluding hydrogens is 248 g/mol. The third-order valence-electron chi connectivity index (χ3n) is 3.94. The lowest BCUT2D eigenvalue weighted by molar-refractivity contribution is 0.213. The Bertz CT molecular complexity index is 602. The highest BCUT2D eigenvalue weighted by Gasteiger charge is 2.19. The molecule has 0 aliphatic rings. The Labute approximate surface area is 121 Å². The maximum atomic E-state index is 10.8. The van der Waals surface area contributed by atoms with Gasteiger partial charge in [-0.25, -0.2) is 0 Å². The van der Waals surface area contributed by atoms with Crippen LogP contribution in [0.4, 0.5) is 0 Å². The molecule has 0 saturated carbocycles. The Morgan fingerprint density at radius 2 is 1.75 bits per heavy atom. The Morgan fingerprint density at radius 1 is 1.05 bits per heavy atom. The zero-order chi connectivity index (χ0) is 14.7. The molecule has 106 valence electrons. The van der Waals surface area contributed by atoms with Gasteiger partial charge in [0.05, 0.1) is 7.11 Å². The number of benzene rings is 2. The van der Waals surface area contributed by atoms with E-state index >= 15 is 0 Å². The van der Waals surface area contributed by atoms with Gasteiger partial charge in [-0.1, -0.05) is 43.3 Å². The molecule has 0 bridgehead atoms. The molecule has 2 rings (SSSR count). The number of aliphatic hydroxyl groups excluding tert-OH is 1. The fourth-order valence-corrected chi connectivity index (χ4v) is 2.59. The van der Waals surface area contributed by atoms with Crippen molar-refractivity contribution in [2.75, 3.05) is 7.11 Å². The van der Waals surface area contributed by atoms with Gasteiger partial charge in [-0.3, -0.25) is 0 Å². The first-order chi connectivity index (χ1) is 9.60. The van der Waals surface area contributed by atoms with Gasteiger partial charge in [0.1, 0.15) is 11.9 Å². The highest BCUT2D eigenvalue weighted by Crippen LogP contribution is 2.35. The van der Waals surface area contributed by atoms with Crippen LogP contribution >= 0.6 is 0 Å². The molecule has 1 unspecified atom stereocenters. The van der Waals surface area contributed by atoms with E-state index in [2.05, 4.69) is 13.0 Å². The number of hydrogen-bond donors (Lipinski definition) is 1. The van der Waals surface area contributed by atoms with Crippen LogP contribution < -0.4 is 4.74 Å². The summed E-state index contributed by atoms with van der Waals surface area (Å²) in [5.41, 5.74) is 5.20. The summed E-state index contributed by atoms with van der Waals surface area (Å²) in [7, 11) is 1.66. The summed E-state index contributed by atoms with van der Waals surface area (Å²) in [6, 6.07) is 12.0. The summed E-state index contributed by atoms with van der Waals surface area (Å²) in [6.45, 7) is 6.17. The van der Waals surface area contributed by atoms with E-state index in [0.29, 0.717) is 0 Å². The summed E-state index contributed by atoms with van der Waals surface area (Å²) >= 11 is 0. The molecule has 0 aromatic heterocycles. The molecule has 20 heavy (non-hydrogen) atoms. The Kier molecular flexibility index (Phi) is 4.46. The van der Waals surface area contributed by atoms with E-state index in [4.69, 9.17) is 4.74 Å². The van der Waals surface area contributed by atoms with Crippen LogP contribution in [0.2, 0.25) is 0 Å². The molecule has 2 nitrogen and oxygen atoms in total. The largest absolute Gasteiger partial charge is 0.496 e. The summed E-state index contributed by atoms with van der Waals surface area (Å²) in [4.78, 5) is 0. The first-order valence-electron chi connectivity index (χ1n) is 7.00. The predicted molar refractivity (Wildman–Crippen MR) is 82.3 cm³/mol. The smallest absolute Gasteiger partial charge is 0.128 e. The SMILES string of the molecule is CCc1ccccc1C(O)c1ccc(C)c(C)c1OC. The van der Waals surface area contributed by atoms with Crippen molar-refractivity contribution in [1.82, 2.24) is 0 Å². The number of rotatable bonds is 4. The zero-order valence-corrected chi connectivity index (χ0v) is 12.6. The summed E-state index contributed by atoms with van der Waals surface area (Å²) in [5.74, 6) is 0.781. The van der Waals surface area contributed by atoms with E-state index in [1.54, 1.807) is 7.11 Å². The van der Waals surface area contributed by atoms with Gasteiger partial charge in [0.25, 0.3) is 0 Å². The number of aryl methyl sites for hydroxylation is 2. The van der Waals surface area contributed by atoms with Gasteiger partial charge in [0, 0.05) is 5.56 Å². The summed E-state index contributed by atoms with van der Waals surface area (Å²) < 4.78 is 5.51. The Hall–Kier alpha value is -1.80. The monoisotopic (exact) mass is 270 g/mol. The minimum absolute atomic E-state index is 0.652. The third-order valence-corrected chi connectivity index (χ3v) is 3.94. The van der Waals surface area contributed by atoms with Crippen LogP contribution in [0.5, 0.6) is 5.75 Å². The molecule has 2 aromatic rings. The second-order valence-electron chi connectivity index (χ2n) is 5.08. The fourth-order valence-electron chi connectivity index (χ4n) is 2.59. The molecule has 2 heteroatoms. The van der Waals surface area contributed by atoms with Gasteiger partial charge in [-0.15, -0.1) is 0 Å². The highest BCUT2D eigenvalue weighted by atomic mass is 16.5. The van der Waals surface area contributed by atoms with Crippen LogP contribution in [0.15, 0.2) is 36.4 Å². The van der Waals surface area contributed by atoms with Gasteiger partial charge in [-0.05, 0) is 42.5 Å². The lowest BCUT2D eigenvalue weighted by Crippen LogP contribution is -2.07. The van der Waals surface area contributed by atoms with E-state index in [9.17, 15) is 5.11 Å². The van der Waals surface area contributed by atoms with E-state index in [-0.39, 0.29) is 0 Å². The van der Waals surface area contributed by atoms with Crippen molar-refractivity contribution in [2.24, 2.45) is 0 Å². The standard InChI is InChI=1S/C18H22O2/c1-5-14-8-6-7-9-15(14)17(19)16-11-10-12(2)13(3)18(16)20-4/h6-11,17,19H,5H2,1-4H3. The molecule has 0 spiro atoms. The first-order valence-corrected chi connectivity index (χ1v) is 7.00. The van der Waals surface area contributed by atoms with Crippen LogP contribution in [-0.2, 0) is 6.42 Å². The first kappa shape index (κ1) is 14.6. The quantitative estimate of drug-likeness (QED) is 0.911. The van der Waals surface area contributed by atoms with E-state index < -0.39 is 6.10 Å². The number of hydrogen-bond acceptors (Lipinski definition) is 2. The van der Waals surface area contributed by atoms with Crippen molar-refractivity contribution in [1.29, 1.82) is 0 Å². The molecule has 0 aliphatic carbocycles. The highest BCUT2D eigenvalue weighted by molar-refractivity contribution is 5.49. The minimum Gasteiger partial charge on any atom is -0.496 e. The van der Waals surface area contributed by atoms with Crippen molar-refractivity contribution < 1.29 is 9.84 Å². The van der Waals surface area contributed by atoms with Crippen LogP contribution in [0.3, 0.4) is 0 Å². The van der Waals surface area contributed by atoms with E-state index in [1.165, 1.54) is 11.1 Å². The van der Waals surface area contributed by atoms with E-state index in [1.807, 2.05) is 44.2 Å². The van der Waals surface area contributed by atoms with Crippen LogP contribution in [0.1, 0.15) is 40.8 Å². The van der Waals surface area contributed by atoms with Crippen molar-refractivity contribution in [3.05, 3.63) is 64.2 Å². The fraction of sp³-hybridized carbons (Fsp3) is 0.333. The molecule has 0 amide bonds. The average molecular weight is 270 g/mol.